The van der Waals surface area contributed by atoms with Crippen LogP contribution in [-0.4, -0.2) is 46.1 Å². The van der Waals surface area contributed by atoms with Crippen molar-refractivity contribution in [3.05, 3.63) is 0 Å². The second-order valence-electron chi connectivity index (χ2n) is 3.40. The molecule has 0 bridgehead atoms. The summed E-state index contributed by atoms with van der Waals surface area (Å²) in [6, 6.07) is 0.238. The van der Waals surface area contributed by atoms with Crippen molar-refractivity contribution >= 4 is 9.39 Å². The van der Waals surface area contributed by atoms with Crippen molar-refractivity contribution in [1.29, 1.82) is 0 Å². The van der Waals surface area contributed by atoms with Gasteiger partial charge in [-0.05, 0) is 13.5 Å². The summed E-state index contributed by atoms with van der Waals surface area (Å²) in [5.74, 6) is 2.54. The fourth-order valence-corrected chi connectivity index (χ4v) is 1.28. The van der Waals surface area contributed by atoms with Gasteiger partial charge in [0.05, 0.1) is 25.9 Å². The van der Waals surface area contributed by atoms with Crippen LogP contribution in [0, 0.1) is 12.3 Å². The van der Waals surface area contributed by atoms with Crippen LogP contribution in [0.2, 0.25) is 0 Å². The fraction of sp³-hybridized carbons (Fsp3) is 0.818. The van der Waals surface area contributed by atoms with Gasteiger partial charge in [-0.15, -0.1) is 12.3 Å². The highest BCUT2D eigenvalue weighted by Gasteiger charge is 2.05. The number of ether oxygens (including phenoxy) is 2. The third-order valence-electron chi connectivity index (χ3n) is 2.05. The van der Waals surface area contributed by atoms with Crippen molar-refractivity contribution in [2.75, 3.05) is 40.0 Å². The van der Waals surface area contributed by atoms with E-state index in [2.05, 4.69) is 25.7 Å². The average molecular weight is 246 g/mol. The summed E-state index contributed by atoms with van der Waals surface area (Å²) in [4.78, 5) is 0. The van der Waals surface area contributed by atoms with Crippen molar-refractivity contribution in [2.24, 2.45) is 0 Å². The van der Waals surface area contributed by atoms with Crippen LogP contribution in [0.5, 0.6) is 0 Å². The molecule has 4 nitrogen and oxygen atoms in total. The molecule has 0 aromatic rings. The van der Waals surface area contributed by atoms with E-state index in [0.29, 0.717) is 26.2 Å². The second kappa shape index (κ2) is 12.9. The highest BCUT2D eigenvalue weighted by atomic mass is 31.0. The molecule has 0 radical (unpaired) electrons. The van der Waals surface area contributed by atoms with E-state index in [1.165, 1.54) is 0 Å². The Morgan fingerprint density at radius 3 is 2.56 bits per heavy atom. The third kappa shape index (κ3) is 10.4. The smallest absolute Gasteiger partial charge is 0.0642 e. The normalized spacial score (nSPS) is 12.3. The minimum absolute atomic E-state index is 0.238. The van der Waals surface area contributed by atoms with E-state index in [9.17, 15) is 0 Å². The van der Waals surface area contributed by atoms with E-state index in [-0.39, 0.29) is 6.04 Å². The molecule has 0 heterocycles. The van der Waals surface area contributed by atoms with Gasteiger partial charge in [0.2, 0.25) is 0 Å². The first kappa shape index (κ1) is 15.8. The Balaban J connectivity index is 3.33. The van der Waals surface area contributed by atoms with Crippen molar-refractivity contribution in [3.8, 4) is 12.3 Å². The van der Waals surface area contributed by atoms with Crippen molar-refractivity contribution in [3.63, 3.8) is 0 Å². The molecule has 2 N–H and O–H groups in total. The summed E-state index contributed by atoms with van der Waals surface area (Å²) in [6.45, 7) is 3.65. The van der Waals surface area contributed by atoms with Gasteiger partial charge in [-0.3, -0.25) is 0 Å². The molecule has 16 heavy (non-hydrogen) atoms. The molecule has 2 unspecified atom stereocenters. The zero-order chi connectivity index (χ0) is 12.1. The molecule has 0 aliphatic heterocycles. The lowest BCUT2D eigenvalue weighted by Crippen LogP contribution is -2.35. The van der Waals surface area contributed by atoms with Crippen molar-refractivity contribution < 1.29 is 9.47 Å². The predicted molar refractivity (Wildman–Crippen MR) is 70.3 cm³/mol. The topological polar surface area (TPSA) is 42.5 Å². The number of likely N-dealkylation sites (N-methyl/N-ethyl adjacent to an activating group) is 1. The summed E-state index contributed by atoms with van der Waals surface area (Å²) < 4.78 is 10.9. The van der Waals surface area contributed by atoms with Gasteiger partial charge in [0, 0.05) is 19.6 Å². The minimum atomic E-state index is 0.238. The molecule has 0 spiro atoms. The third-order valence-corrected chi connectivity index (χ3v) is 2.34. The molecule has 0 saturated carbocycles. The number of hydrogen-bond acceptors (Lipinski definition) is 4. The quantitative estimate of drug-likeness (QED) is 0.315. The fourth-order valence-electron chi connectivity index (χ4n) is 1.07. The standard InChI is InChI=1S/C11H23N2O2P/c1-3-4-7-14-9-11(12-2)10-15-8-5-6-13-16/h1,11-13H,4-10,16H2,2H3. The maximum Gasteiger partial charge on any atom is 0.0642 e. The molecule has 0 aliphatic rings. The second-order valence-corrected chi connectivity index (χ2v) is 3.81. The van der Waals surface area contributed by atoms with Gasteiger partial charge >= 0.3 is 0 Å². The van der Waals surface area contributed by atoms with Crippen molar-refractivity contribution in [2.45, 2.75) is 18.9 Å². The number of hydrogen-bond donors (Lipinski definition) is 2. The molecular weight excluding hydrogens is 223 g/mol. The van der Waals surface area contributed by atoms with Crippen LogP contribution < -0.4 is 10.4 Å². The Bertz CT molecular complexity index is 185. The van der Waals surface area contributed by atoms with Gasteiger partial charge in [-0.2, -0.15) is 0 Å². The Labute approximate surface area is 101 Å². The highest BCUT2D eigenvalue weighted by Crippen LogP contribution is 1.91. The van der Waals surface area contributed by atoms with Gasteiger partial charge in [-0.25, -0.2) is 0 Å². The van der Waals surface area contributed by atoms with E-state index in [4.69, 9.17) is 15.9 Å². The summed E-state index contributed by atoms with van der Waals surface area (Å²) in [6.07, 6.45) is 6.80. The minimum Gasteiger partial charge on any atom is -0.380 e. The lowest BCUT2D eigenvalue weighted by Gasteiger charge is -2.16. The Kier molecular flexibility index (Phi) is 12.8. The van der Waals surface area contributed by atoms with Gasteiger partial charge in [0.1, 0.15) is 0 Å². The number of nitrogens with one attached hydrogen (secondary N) is 2. The van der Waals surface area contributed by atoms with E-state index < -0.39 is 0 Å². The number of terminal acetylenes is 1. The molecule has 0 aliphatic carbocycles. The SMILES string of the molecule is C#CCCOCC(COCCCNP)NC. The highest BCUT2D eigenvalue weighted by molar-refractivity contribution is 7.13. The first-order valence-electron chi connectivity index (χ1n) is 5.54. The van der Waals surface area contributed by atoms with Gasteiger partial charge in [0.25, 0.3) is 0 Å². The van der Waals surface area contributed by atoms with E-state index in [1.807, 2.05) is 7.05 Å². The van der Waals surface area contributed by atoms with Gasteiger partial charge in [0.15, 0.2) is 0 Å². The average Bonchev–Trinajstić information content (AvgIpc) is 2.31. The summed E-state index contributed by atoms with van der Waals surface area (Å²) >= 11 is 0. The molecule has 0 aromatic heterocycles. The zero-order valence-electron chi connectivity index (χ0n) is 10.00. The van der Waals surface area contributed by atoms with Crippen LogP contribution in [0.25, 0.3) is 0 Å². The first-order chi connectivity index (χ1) is 7.85. The van der Waals surface area contributed by atoms with Crippen LogP contribution in [-0.2, 0) is 9.47 Å². The lowest BCUT2D eigenvalue weighted by molar-refractivity contribution is 0.0595. The van der Waals surface area contributed by atoms with E-state index in [1.54, 1.807) is 0 Å². The van der Waals surface area contributed by atoms with Gasteiger partial charge in [-0.1, -0.05) is 9.39 Å². The van der Waals surface area contributed by atoms with E-state index >= 15 is 0 Å². The molecule has 2 atom stereocenters. The van der Waals surface area contributed by atoms with Crippen LogP contribution in [0.1, 0.15) is 12.8 Å². The zero-order valence-corrected chi connectivity index (χ0v) is 11.2. The maximum absolute atomic E-state index is 5.51. The molecule has 0 saturated heterocycles. The Hall–Kier alpha value is -0.170. The largest absolute Gasteiger partial charge is 0.380 e. The molecule has 5 heteroatoms. The van der Waals surface area contributed by atoms with Crippen LogP contribution in [0.3, 0.4) is 0 Å². The lowest BCUT2D eigenvalue weighted by atomic mass is 10.3. The molecule has 0 aromatic carbocycles. The summed E-state index contributed by atoms with van der Waals surface area (Å²) in [5, 5.41) is 6.14. The van der Waals surface area contributed by atoms with E-state index in [0.717, 1.165) is 19.6 Å². The Morgan fingerprint density at radius 1 is 1.31 bits per heavy atom. The monoisotopic (exact) mass is 246 g/mol. The number of rotatable bonds is 11. The van der Waals surface area contributed by atoms with Crippen LogP contribution >= 0.6 is 9.39 Å². The molecular formula is C11H23N2O2P. The summed E-state index contributed by atoms with van der Waals surface area (Å²) in [5.41, 5.74) is 0. The van der Waals surface area contributed by atoms with Crippen LogP contribution in [0.15, 0.2) is 0 Å². The summed E-state index contributed by atoms with van der Waals surface area (Å²) in [7, 11) is 4.38. The maximum atomic E-state index is 5.51. The molecule has 94 valence electrons. The first-order valence-corrected chi connectivity index (χ1v) is 6.12. The molecule has 0 fully saturated rings. The van der Waals surface area contributed by atoms with Gasteiger partial charge < -0.3 is 19.9 Å². The predicted octanol–water partition coefficient (Wildman–Crippen LogP) is 0.401. The molecule has 0 amide bonds. The Morgan fingerprint density at radius 2 is 2.00 bits per heavy atom. The van der Waals surface area contributed by atoms with Crippen LogP contribution in [0.4, 0.5) is 0 Å². The van der Waals surface area contributed by atoms with Crippen molar-refractivity contribution in [1.82, 2.24) is 10.4 Å². The molecule has 0 rings (SSSR count).